The van der Waals surface area contributed by atoms with Gasteiger partial charge in [-0.05, 0) is 62.3 Å². The molecule has 1 aliphatic rings. The number of hydrogen-bond donors (Lipinski definition) is 1. The van der Waals surface area contributed by atoms with Crippen molar-refractivity contribution in [3.05, 3.63) is 53.8 Å². The Kier molecular flexibility index (Phi) is 5.18. The number of nitrogens with zero attached hydrogens (tertiary/aromatic N) is 2. The molecule has 3 rings (SSSR count). The molecule has 0 aliphatic carbocycles. The minimum atomic E-state index is -1.20. The number of rotatable bonds is 4. The molecule has 0 unspecified atom stereocenters. The van der Waals surface area contributed by atoms with Gasteiger partial charge >= 0.3 is 6.09 Å². The second-order valence-electron chi connectivity index (χ2n) is 6.49. The molecule has 0 radical (unpaired) electrons. The third-order valence-electron chi connectivity index (χ3n) is 4.72. The van der Waals surface area contributed by atoms with E-state index in [-0.39, 0.29) is 29.4 Å². The monoisotopic (exact) mass is 364 g/mol. The summed E-state index contributed by atoms with van der Waals surface area (Å²) >= 11 is 0. The second kappa shape index (κ2) is 7.37. The number of likely N-dealkylation sites (tertiary alicyclic amines) is 1. The molecule has 138 valence electrons. The van der Waals surface area contributed by atoms with Crippen LogP contribution >= 0.6 is 0 Å². The normalized spacial score (nSPS) is 17.5. The van der Waals surface area contributed by atoms with Gasteiger partial charge in [-0.2, -0.15) is 0 Å². The van der Waals surface area contributed by atoms with Gasteiger partial charge < -0.3 is 10.0 Å². The fraction of sp³-hybridized carbons (Fsp3) is 0.316. The van der Waals surface area contributed by atoms with E-state index in [0.29, 0.717) is 6.07 Å². The maximum Gasteiger partial charge on any atom is 0.411 e. The minimum Gasteiger partial charge on any atom is -0.465 e. The van der Waals surface area contributed by atoms with Crippen LogP contribution in [0.5, 0.6) is 0 Å². The standard InChI is InChI=1S/C19H19F3N2O2/c1-23-6-2-3-16(23)11-24(19(25)26)18-5-4-13(20)10-17(18)12-7-14(21)9-15(22)8-12/h4-5,7-10,16H,2-3,6,11H2,1H3,(H,25,26)/t16-/m0/s1. The van der Waals surface area contributed by atoms with Gasteiger partial charge in [0.15, 0.2) is 0 Å². The van der Waals surface area contributed by atoms with Crippen molar-refractivity contribution < 1.29 is 23.1 Å². The Labute approximate surface area is 149 Å². The van der Waals surface area contributed by atoms with Crippen LogP contribution < -0.4 is 4.90 Å². The van der Waals surface area contributed by atoms with Crippen molar-refractivity contribution in [2.45, 2.75) is 18.9 Å². The molecular formula is C19H19F3N2O2. The highest BCUT2D eigenvalue weighted by Gasteiger charge is 2.28. The lowest BCUT2D eigenvalue weighted by Crippen LogP contribution is -2.41. The van der Waals surface area contributed by atoms with Crippen LogP contribution in [0.3, 0.4) is 0 Å². The van der Waals surface area contributed by atoms with Gasteiger partial charge in [-0.15, -0.1) is 0 Å². The molecule has 1 aliphatic heterocycles. The van der Waals surface area contributed by atoms with Gasteiger partial charge in [-0.3, -0.25) is 4.90 Å². The summed E-state index contributed by atoms with van der Waals surface area (Å²) in [6, 6.07) is 6.43. The minimum absolute atomic E-state index is 0.0354. The lowest BCUT2D eigenvalue weighted by molar-refractivity contribution is 0.198. The summed E-state index contributed by atoms with van der Waals surface area (Å²) in [7, 11) is 1.92. The zero-order valence-electron chi connectivity index (χ0n) is 14.3. The number of hydrogen-bond acceptors (Lipinski definition) is 2. The van der Waals surface area contributed by atoms with E-state index in [1.54, 1.807) is 0 Å². The van der Waals surface area contributed by atoms with Crippen LogP contribution in [0, 0.1) is 17.5 Å². The quantitative estimate of drug-likeness (QED) is 0.877. The predicted molar refractivity (Wildman–Crippen MR) is 92.8 cm³/mol. The zero-order valence-corrected chi connectivity index (χ0v) is 14.3. The van der Waals surface area contributed by atoms with Crippen molar-refractivity contribution in [2.75, 3.05) is 25.0 Å². The third kappa shape index (κ3) is 3.83. The van der Waals surface area contributed by atoms with E-state index in [1.807, 2.05) is 7.05 Å². The van der Waals surface area contributed by atoms with Gasteiger partial charge in [-0.25, -0.2) is 18.0 Å². The Balaban J connectivity index is 2.05. The second-order valence-corrected chi connectivity index (χ2v) is 6.49. The first-order valence-electron chi connectivity index (χ1n) is 8.32. The van der Waals surface area contributed by atoms with Crippen LogP contribution in [0.1, 0.15) is 12.8 Å². The molecule has 0 spiro atoms. The van der Waals surface area contributed by atoms with Crippen LogP contribution in [0.25, 0.3) is 11.1 Å². The van der Waals surface area contributed by atoms with Crippen molar-refractivity contribution in [2.24, 2.45) is 0 Å². The molecule has 1 fully saturated rings. The van der Waals surface area contributed by atoms with Crippen molar-refractivity contribution in [1.82, 2.24) is 4.90 Å². The lowest BCUT2D eigenvalue weighted by atomic mass is 10.0. The van der Waals surface area contributed by atoms with Crippen LogP contribution in [-0.4, -0.2) is 42.3 Å². The van der Waals surface area contributed by atoms with E-state index in [9.17, 15) is 23.1 Å². The number of anilines is 1. The topological polar surface area (TPSA) is 43.8 Å². The highest BCUT2D eigenvalue weighted by molar-refractivity contribution is 5.93. The summed E-state index contributed by atoms with van der Waals surface area (Å²) < 4.78 is 41.0. The van der Waals surface area contributed by atoms with Gasteiger partial charge in [0.25, 0.3) is 0 Å². The number of carboxylic acid groups (broad SMARTS) is 1. The van der Waals surface area contributed by atoms with Gasteiger partial charge in [0.2, 0.25) is 0 Å². The maximum atomic E-state index is 13.8. The Morgan fingerprint density at radius 1 is 1.15 bits per heavy atom. The van der Waals surface area contributed by atoms with Gasteiger partial charge in [0, 0.05) is 24.2 Å². The van der Waals surface area contributed by atoms with Crippen molar-refractivity contribution in [3.8, 4) is 11.1 Å². The summed E-state index contributed by atoms with van der Waals surface area (Å²) in [4.78, 5) is 15.0. The smallest absolute Gasteiger partial charge is 0.411 e. The molecule has 2 aromatic carbocycles. The van der Waals surface area contributed by atoms with Crippen molar-refractivity contribution in [1.29, 1.82) is 0 Å². The molecule has 26 heavy (non-hydrogen) atoms. The summed E-state index contributed by atoms with van der Waals surface area (Å²) in [5, 5.41) is 9.69. The van der Waals surface area contributed by atoms with E-state index >= 15 is 0 Å². The van der Waals surface area contributed by atoms with Crippen molar-refractivity contribution >= 4 is 11.8 Å². The Bertz CT molecular complexity index is 808. The number of likely N-dealkylation sites (N-methyl/N-ethyl adjacent to an activating group) is 1. The molecule has 0 saturated carbocycles. The molecular weight excluding hydrogens is 345 g/mol. The summed E-state index contributed by atoms with van der Waals surface area (Å²) in [5.74, 6) is -2.24. The summed E-state index contributed by atoms with van der Waals surface area (Å²) in [5.41, 5.74) is 0.415. The van der Waals surface area contributed by atoms with E-state index in [0.717, 1.165) is 48.6 Å². The van der Waals surface area contributed by atoms with Gasteiger partial charge in [0.1, 0.15) is 17.5 Å². The molecule has 1 N–H and O–H groups in total. The van der Waals surface area contributed by atoms with Crippen LogP contribution in [0.2, 0.25) is 0 Å². The molecule has 0 aromatic heterocycles. The highest BCUT2D eigenvalue weighted by Crippen LogP contribution is 2.33. The highest BCUT2D eigenvalue weighted by atomic mass is 19.1. The van der Waals surface area contributed by atoms with E-state index in [4.69, 9.17) is 0 Å². The van der Waals surface area contributed by atoms with Crippen LogP contribution in [-0.2, 0) is 0 Å². The van der Waals surface area contributed by atoms with Gasteiger partial charge in [0.05, 0.1) is 5.69 Å². The molecule has 2 aromatic rings. The number of benzene rings is 2. The average molecular weight is 364 g/mol. The Morgan fingerprint density at radius 2 is 1.85 bits per heavy atom. The van der Waals surface area contributed by atoms with Crippen LogP contribution in [0.15, 0.2) is 36.4 Å². The molecule has 1 saturated heterocycles. The SMILES string of the molecule is CN1CCC[C@H]1CN(C(=O)O)c1ccc(F)cc1-c1cc(F)cc(F)c1. The number of carbonyl (C=O) groups is 1. The molecule has 1 heterocycles. The average Bonchev–Trinajstić information content (AvgIpc) is 2.96. The van der Waals surface area contributed by atoms with Gasteiger partial charge in [-0.1, -0.05) is 0 Å². The zero-order chi connectivity index (χ0) is 18.8. The Morgan fingerprint density at radius 3 is 2.42 bits per heavy atom. The lowest BCUT2D eigenvalue weighted by Gasteiger charge is -2.28. The fourth-order valence-corrected chi connectivity index (χ4v) is 3.38. The van der Waals surface area contributed by atoms with Crippen molar-refractivity contribution in [3.63, 3.8) is 0 Å². The molecule has 7 heteroatoms. The van der Waals surface area contributed by atoms with Crippen LogP contribution in [0.4, 0.5) is 23.7 Å². The molecule has 1 amide bonds. The fourth-order valence-electron chi connectivity index (χ4n) is 3.38. The van der Waals surface area contributed by atoms with E-state index in [1.165, 1.54) is 6.07 Å². The maximum absolute atomic E-state index is 13.8. The first-order chi connectivity index (χ1) is 12.3. The predicted octanol–water partition coefficient (Wildman–Crippen LogP) is 4.35. The third-order valence-corrected chi connectivity index (χ3v) is 4.72. The molecule has 4 nitrogen and oxygen atoms in total. The van der Waals surface area contributed by atoms with E-state index in [2.05, 4.69) is 4.90 Å². The number of amides is 1. The summed E-state index contributed by atoms with van der Waals surface area (Å²) in [6.07, 6.45) is 0.626. The number of halogens is 3. The first kappa shape index (κ1) is 18.3. The first-order valence-corrected chi connectivity index (χ1v) is 8.32. The largest absolute Gasteiger partial charge is 0.465 e. The summed E-state index contributed by atoms with van der Waals surface area (Å²) in [6.45, 7) is 1.08. The Hall–Kier alpha value is -2.54. The van der Waals surface area contributed by atoms with E-state index < -0.39 is 23.5 Å². The molecule has 1 atom stereocenters. The molecule has 0 bridgehead atoms.